The van der Waals surface area contributed by atoms with Crippen LogP contribution in [0.15, 0.2) is 23.1 Å². The number of sulfonamides is 1. The van der Waals surface area contributed by atoms with Crippen molar-refractivity contribution in [3.8, 4) is 0 Å². The Kier molecular flexibility index (Phi) is 4.03. The summed E-state index contributed by atoms with van der Waals surface area (Å²) in [6.45, 7) is 3.11. The number of rotatable bonds is 3. The van der Waals surface area contributed by atoms with E-state index in [0.29, 0.717) is 12.1 Å². The van der Waals surface area contributed by atoms with Gasteiger partial charge in [0.1, 0.15) is 5.82 Å². The lowest BCUT2D eigenvalue weighted by atomic mass is 10.1. The molecule has 1 N–H and O–H groups in total. The van der Waals surface area contributed by atoms with E-state index in [4.69, 9.17) is 0 Å². The summed E-state index contributed by atoms with van der Waals surface area (Å²) >= 11 is 0. The zero-order valence-electron chi connectivity index (χ0n) is 12.2. The first kappa shape index (κ1) is 14.9. The predicted molar refractivity (Wildman–Crippen MR) is 79.1 cm³/mol. The Labute approximate surface area is 125 Å². The van der Waals surface area contributed by atoms with Crippen molar-refractivity contribution in [2.75, 3.05) is 13.1 Å². The number of hydrogen-bond acceptors (Lipinski definition) is 3. The highest BCUT2D eigenvalue weighted by Crippen LogP contribution is 2.30. The van der Waals surface area contributed by atoms with Crippen molar-refractivity contribution >= 4 is 10.0 Å². The van der Waals surface area contributed by atoms with Crippen LogP contribution in [-0.4, -0.2) is 37.9 Å². The molecule has 0 aliphatic carbocycles. The summed E-state index contributed by atoms with van der Waals surface area (Å²) in [5, 5.41) is 3.39. The van der Waals surface area contributed by atoms with Crippen LogP contribution in [0, 0.1) is 12.7 Å². The van der Waals surface area contributed by atoms with Gasteiger partial charge in [0.25, 0.3) is 0 Å². The fraction of sp³-hybridized carbons (Fsp3) is 0.600. The molecule has 0 aromatic heterocycles. The van der Waals surface area contributed by atoms with Gasteiger partial charge < -0.3 is 5.32 Å². The first-order valence-electron chi connectivity index (χ1n) is 7.51. The zero-order chi connectivity index (χ0) is 15.0. The van der Waals surface area contributed by atoms with E-state index in [2.05, 4.69) is 5.32 Å². The molecule has 116 valence electrons. The minimum Gasteiger partial charge on any atom is -0.312 e. The van der Waals surface area contributed by atoms with Crippen LogP contribution in [0.1, 0.15) is 31.2 Å². The van der Waals surface area contributed by atoms with Gasteiger partial charge in [-0.05, 0) is 56.8 Å². The maximum Gasteiger partial charge on any atom is 0.243 e. The molecule has 2 unspecified atom stereocenters. The second-order valence-electron chi connectivity index (χ2n) is 5.94. The van der Waals surface area contributed by atoms with Gasteiger partial charge in [0.15, 0.2) is 0 Å². The molecule has 0 amide bonds. The highest BCUT2D eigenvalue weighted by atomic mass is 32.2. The maximum absolute atomic E-state index is 13.7. The van der Waals surface area contributed by atoms with E-state index in [0.717, 1.165) is 38.3 Å². The third kappa shape index (κ3) is 2.72. The van der Waals surface area contributed by atoms with Crippen molar-refractivity contribution in [2.45, 2.75) is 49.6 Å². The number of aryl methyl sites for hydroxylation is 1. The number of hydrogen-bond donors (Lipinski definition) is 1. The summed E-state index contributed by atoms with van der Waals surface area (Å²) in [6, 6.07) is 4.41. The maximum atomic E-state index is 13.7. The summed E-state index contributed by atoms with van der Waals surface area (Å²) in [7, 11) is -3.61. The molecule has 2 atom stereocenters. The van der Waals surface area contributed by atoms with Crippen molar-refractivity contribution in [3.05, 3.63) is 29.6 Å². The second-order valence-corrected chi connectivity index (χ2v) is 7.83. The van der Waals surface area contributed by atoms with Gasteiger partial charge in [-0.1, -0.05) is 6.07 Å². The van der Waals surface area contributed by atoms with E-state index in [9.17, 15) is 12.8 Å². The Bertz CT molecular complexity index is 627. The summed E-state index contributed by atoms with van der Waals surface area (Å²) in [5.41, 5.74) is 0.462. The summed E-state index contributed by atoms with van der Waals surface area (Å²) in [5.74, 6) is -0.467. The molecule has 21 heavy (non-hydrogen) atoms. The fourth-order valence-electron chi connectivity index (χ4n) is 3.38. The molecule has 3 rings (SSSR count). The van der Waals surface area contributed by atoms with E-state index in [1.165, 1.54) is 12.1 Å². The van der Waals surface area contributed by atoms with E-state index in [1.807, 2.05) is 0 Å². The van der Waals surface area contributed by atoms with Crippen LogP contribution >= 0.6 is 0 Å². The van der Waals surface area contributed by atoms with Crippen molar-refractivity contribution < 1.29 is 12.8 Å². The summed E-state index contributed by atoms with van der Waals surface area (Å²) in [6.07, 6.45) is 3.86. The second kappa shape index (κ2) is 5.66. The van der Waals surface area contributed by atoms with E-state index < -0.39 is 15.8 Å². The molecule has 2 aliphatic heterocycles. The van der Waals surface area contributed by atoms with E-state index >= 15 is 0 Å². The lowest BCUT2D eigenvalue weighted by Crippen LogP contribution is -2.46. The molecule has 6 heteroatoms. The highest BCUT2D eigenvalue weighted by Gasteiger charge is 2.40. The lowest BCUT2D eigenvalue weighted by molar-refractivity contribution is 0.322. The van der Waals surface area contributed by atoms with Gasteiger partial charge in [-0.3, -0.25) is 0 Å². The number of nitrogens with one attached hydrogen (secondary N) is 1. The minimum atomic E-state index is -3.61. The van der Waals surface area contributed by atoms with Crippen LogP contribution < -0.4 is 5.32 Å². The third-order valence-electron chi connectivity index (χ3n) is 4.56. The summed E-state index contributed by atoms with van der Waals surface area (Å²) < 4.78 is 40.9. The van der Waals surface area contributed by atoms with Crippen LogP contribution in [0.5, 0.6) is 0 Å². The Morgan fingerprint density at radius 1 is 1.29 bits per heavy atom. The van der Waals surface area contributed by atoms with E-state index in [1.54, 1.807) is 11.2 Å². The number of benzene rings is 1. The van der Waals surface area contributed by atoms with Crippen LogP contribution in [0.25, 0.3) is 0 Å². The average molecular weight is 312 g/mol. The first-order chi connectivity index (χ1) is 10.00. The van der Waals surface area contributed by atoms with Crippen LogP contribution in [0.3, 0.4) is 0 Å². The van der Waals surface area contributed by atoms with Gasteiger partial charge in [-0.2, -0.15) is 4.31 Å². The molecule has 0 saturated carbocycles. The molecule has 0 bridgehead atoms. The molecular formula is C15H21FN2O2S. The average Bonchev–Trinajstić information content (AvgIpc) is 3.11. The smallest absolute Gasteiger partial charge is 0.243 e. The molecule has 1 aromatic rings. The van der Waals surface area contributed by atoms with Gasteiger partial charge in [-0.15, -0.1) is 0 Å². The van der Waals surface area contributed by atoms with Crippen molar-refractivity contribution in [1.82, 2.24) is 9.62 Å². The highest BCUT2D eigenvalue weighted by molar-refractivity contribution is 7.89. The Morgan fingerprint density at radius 3 is 2.76 bits per heavy atom. The Balaban J connectivity index is 1.91. The van der Waals surface area contributed by atoms with Gasteiger partial charge >= 0.3 is 0 Å². The molecule has 0 spiro atoms. The van der Waals surface area contributed by atoms with Crippen molar-refractivity contribution in [2.24, 2.45) is 0 Å². The normalized spacial score (nSPS) is 27.3. The molecule has 2 heterocycles. The number of halogens is 1. The van der Waals surface area contributed by atoms with Gasteiger partial charge in [0.2, 0.25) is 10.0 Å². The van der Waals surface area contributed by atoms with Crippen molar-refractivity contribution in [3.63, 3.8) is 0 Å². The van der Waals surface area contributed by atoms with Crippen LogP contribution in [-0.2, 0) is 10.0 Å². The predicted octanol–water partition coefficient (Wildman–Crippen LogP) is 2.04. The fourth-order valence-corrected chi connectivity index (χ4v) is 5.12. The van der Waals surface area contributed by atoms with Crippen LogP contribution in [0.4, 0.5) is 4.39 Å². The molecular weight excluding hydrogens is 291 g/mol. The molecule has 0 radical (unpaired) electrons. The molecule has 4 nitrogen and oxygen atoms in total. The van der Waals surface area contributed by atoms with Crippen molar-refractivity contribution in [1.29, 1.82) is 0 Å². The molecule has 2 aliphatic rings. The molecule has 1 aromatic carbocycles. The Morgan fingerprint density at radius 2 is 2.10 bits per heavy atom. The minimum absolute atomic E-state index is 0.00173. The SMILES string of the molecule is Cc1ccc(S(=O)(=O)N2CCCC2C2CCCN2)cc1F. The molecule has 2 fully saturated rings. The van der Waals surface area contributed by atoms with Crippen LogP contribution in [0.2, 0.25) is 0 Å². The van der Waals surface area contributed by atoms with Gasteiger partial charge in [0, 0.05) is 18.6 Å². The lowest BCUT2D eigenvalue weighted by Gasteiger charge is -2.28. The monoisotopic (exact) mass is 312 g/mol. The standard InChI is InChI=1S/C15H21FN2O2S/c1-11-6-7-12(10-13(11)16)21(19,20)18-9-3-5-15(18)14-4-2-8-17-14/h6-7,10,14-15,17H,2-5,8-9H2,1H3. The summed E-state index contributed by atoms with van der Waals surface area (Å²) in [4.78, 5) is 0.0653. The Hall–Kier alpha value is -0.980. The molecule has 2 saturated heterocycles. The first-order valence-corrected chi connectivity index (χ1v) is 8.95. The van der Waals surface area contributed by atoms with Gasteiger partial charge in [-0.25, -0.2) is 12.8 Å². The largest absolute Gasteiger partial charge is 0.312 e. The third-order valence-corrected chi connectivity index (χ3v) is 6.48. The number of nitrogens with zero attached hydrogens (tertiary/aromatic N) is 1. The quantitative estimate of drug-likeness (QED) is 0.929. The zero-order valence-corrected chi connectivity index (χ0v) is 13.0. The van der Waals surface area contributed by atoms with Gasteiger partial charge in [0.05, 0.1) is 4.90 Å². The van der Waals surface area contributed by atoms with E-state index in [-0.39, 0.29) is 17.0 Å². The topological polar surface area (TPSA) is 49.4 Å².